The minimum absolute atomic E-state index is 0.245. The molecule has 3 aromatic rings. The molecule has 132 valence electrons. The van der Waals surface area contributed by atoms with Crippen LogP contribution < -0.4 is 0 Å². The molecule has 0 amide bonds. The lowest BCUT2D eigenvalue weighted by Crippen LogP contribution is -2.00. The Labute approximate surface area is 145 Å². The molecular weight excluding hydrogens is 344 g/mol. The second-order valence-electron chi connectivity index (χ2n) is 5.42. The Morgan fingerprint density at radius 2 is 1.73 bits per heavy atom. The molecule has 3 rings (SSSR count). The van der Waals surface area contributed by atoms with E-state index in [4.69, 9.17) is 0 Å². The first-order valence-corrected chi connectivity index (χ1v) is 7.31. The minimum Gasteiger partial charge on any atom is -0.502 e. The van der Waals surface area contributed by atoms with E-state index in [1.165, 1.54) is 0 Å². The van der Waals surface area contributed by atoms with Crippen LogP contribution in [0.4, 0.5) is 11.4 Å². The van der Waals surface area contributed by atoms with Gasteiger partial charge in [0.15, 0.2) is 5.82 Å². The largest absolute Gasteiger partial charge is 0.502 e. The number of phenols is 1. The number of aromatic nitrogens is 2. The number of benzene rings is 2. The fourth-order valence-corrected chi connectivity index (χ4v) is 2.56. The van der Waals surface area contributed by atoms with Crippen molar-refractivity contribution in [3.05, 3.63) is 68.4 Å². The molecule has 0 unspecified atom stereocenters. The summed E-state index contributed by atoms with van der Waals surface area (Å²) in [5.74, 6) is -1.06. The van der Waals surface area contributed by atoms with Crippen LogP contribution in [0.1, 0.15) is 5.69 Å². The van der Waals surface area contributed by atoms with Gasteiger partial charge in [-0.05, 0) is 6.92 Å². The van der Waals surface area contributed by atoms with E-state index in [9.17, 15) is 30.5 Å². The van der Waals surface area contributed by atoms with E-state index in [2.05, 4.69) is 4.98 Å². The molecule has 0 aliphatic heterocycles. The van der Waals surface area contributed by atoms with Gasteiger partial charge in [0, 0.05) is 11.6 Å². The molecule has 0 fully saturated rings. The van der Waals surface area contributed by atoms with Gasteiger partial charge in [-0.3, -0.25) is 20.2 Å². The van der Waals surface area contributed by atoms with E-state index >= 15 is 0 Å². The normalized spacial score (nSPS) is 10.7. The van der Waals surface area contributed by atoms with Gasteiger partial charge in [-0.15, -0.1) is 0 Å². The fraction of sp³-hybridized carbons (Fsp3) is 0.0625. The Balaban J connectivity index is 2.28. The van der Waals surface area contributed by atoms with Crippen LogP contribution in [0.25, 0.3) is 22.6 Å². The maximum atomic E-state index is 11.1. The highest BCUT2D eigenvalue weighted by atomic mass is 16.6. The lowest BCUT2D eigenvalue weighted by Gasteiger charge is -2.05. The van der Waals surface area contributed by atoms with Crippen LogP contribution in [0.2, 0.25) is 0 Å². The van der Waals surface area contributed by atoms with Crippen molar-refractivity contribution in [2.45, 2.75) is 6.92 Å². The van der Waals surface area contributed by atoms with Crippen LogP contribution in [-0.4, -0.2) is 29.9 Å². The molecule has 10 nitrogen and oxygen atoms in total. The van der Waals surface area contributed by atoms with E-state index in [1.54, 1.807) is 37.3 Å². The fourth-order valence-electron chi connectivity index (χ4n) is 2.56. The Morgan fingerprint density at radius 1 is 1.08 bits per heavy atom. The first-order valence-electron chi connectivity index (χ1n) is 7.31. The number of nitro groups is 2. The van der Waals surface area contributed by atoms with E-state index in [0.717, 1.165) is 6.07 Å². The zero-order chi connectivity index (χ0) is 19.0. The van der Waals surface area contributed by atoms with Crippen LogP contribution in [0.15, 0.2) is 42.5 Å². The van der Waals surface area contributed by atoms with Gasteiger partial charge in [0.25, 0.3) is 5.69 Å². The number of hydrogen-bond acceptors (Lipinski definition) is 7. The van der Waals surface area contributed by atoms with Crippen molar-refractivity contribution in [1.29, 1.82) is 0 Å². The zero-order valence-electron chi connectivity index (χ0n) is 13.4. The van der Waals surface area contributed by atoms with E-state index in [0.29, 0.717) is 27.7 Å². The third-order valence-electron chi connectivity index (χ3n) is 3.85. The summed E-state index contributed by atoms with van der Waals surface area (Å²) >= 11 is 0. The van der Waals surface area contributed by atoms with Crippen molar-refractivity contribution in [3.63, 3.8) is 0 Å². The van der Waals surface area contributed by atoms with E-state index < -0.39 is 27.0 Å². The maximum Gasteiger partial charge on any atom is 0.318 e. The van der Waals surface area contributed by atoms with Gasteiger partial charge in [-0.1, -0.05) is 30.3 Å². The quantitative estimate of drug-likeness (QED) is 0.414. The van der Waals surface area contributed by atoms with E-state index in [1.807, 2.05) is 0 Å². The summed E-state index contributed by atoms with van der Waals surface area (Å²) in [4.78, 5) is 24.6. The molecule has 10 heteroatoms. The van der Waals surface area contributed by atoms with Crippen LogP contribution in [0, 0.1) is 27.2 Å². The molecule has 2 N–H and O–H groups in total. The molecule has 0 aliphatic carbocycles. The number of aromatic hydroxyl groups is 1. The van der Waals surface area contributed by atoms with Gasteiger partial charge in [0.1, 0.15) is 0 Å². The number of imidazole rings is 1. The molecule has 1 heterocycles. The SMILES string of the molecule is Cc1c(-c2ccccc2)nc(-c2cc([N+](=O)[O-])cc([N+](=O)[O-])c2O)n1O. The van der Waals surface area contributed by atoms with Gasteiger partial charge in [-0.2, -0.15) is 4.73 Å². The summed E-state index contributed by atoms with van der Waals surface area (Å²) in [5.41, 5.74) is -0.434. The third-order valence-corrected chi connectivity index (χ3v) is 3.85. The summed E-state index contributed by atoms with van der Waals surface area (Å²) in [6.45, 7) is 1.56. The monoisotopic (exact) mass is 356 g/mol. The highest BCUT2D eigenvalue weighted by Crippen LogP contribution is 2.41. The molecule has 0 radical (unpaired) electrons. The van der Waals surface area contributed by atoms with Crippen molar-refractivity contribution in [1.82, 2.24) is 9.71 Å². The molecule has 1 aromatic heterocycles. The highest BCUT2D eigenvalue weighted by Gasteiger charge is 2.28. The second-order valence-corrected chi connectivity index (χ2v) is 5.42. The van der Waals surface area contributed by atoms with Crippen LogP contribution in [-0.2, 0) is 0 Å². The van der Waals surface area contributed by atoms with Crippen molar-refractivity contribution < 1.29 is 20.2 Å². The van der Waals surface area contributed by atoms with Gasteiger partial charge < -0.3 is 10.3 Å². The molecule has 0 saturated heterocycles. The smallest absolute Gasteiger partial charge is 0.318 e. The summed E-state index contributed by atoms with van der Waals surface area (Å²) in [7, 11) is 0. The first kappa shape index (κ1) is 16.9. The molecule has 2 aromatic carbocycles. The van der Waals surface area contributed by atoms with Crippen LogP contribution in [0.3, 0.4) is 0 Å². The topological polar surface area (TPSA) is 145 Å². The molecule has 0 bridgehead atoms. The molecule has 0 aliphatic rings. The molecule has 26 heavy (non-hydrogen) atoms. The van der Waals surface area contributed by atoms with Crippen LogP contribution >= 0.6 is 0 Å². The first-order chi connectivity index (χ1) is 12.3. The predicted octanol–water partition coefficient (Wildman–Crippen LogP) is 3.28. The molecule has 0 spiro atoms. The zero-order valence-corrected chi connectivity index (χ0v) is 13.4. The van der Waals surface area contributed by atoms with Gasteiger partial charge in [0.05, 0.1) is 32.9 Å². The molecule has 0 atom stereocenters. The molecule has 0 saturated carbocycles. The Hall–Kier alpha value is -3.95. The Morgan fingerprint density at radius 3 is 2.31 bits per heavy atom. The van der Waals surface area contributed by atoms with Gasteiger partial charge in [0.2, 0.25) is 5.75 Å². The lowest BCUT2D eigenvalue weighted by molar-refractivity contribution is -0.394. The number of non-ortho nitro benzene ring substituents is 1. The maximum absolute atomic E-state index is 11.1. The van der Waals surface area contributed by atoms with Crippen molar-refractivity contribution in [2.24, 2.45) is 0 Å². The number of phenolic OH excluding ortho intramolecular Hbond substituents is 1. The average molecular weight is 356 g/mol. The average Bonchev–Trinajstić information content (AvgIpc) is 2.91. The summed E-state index contributed by atoms with van der Waals surface area (Å²) in [6, 6.07) is 10.4. The van der Waals surface area contributed by atoms with Crippen LogP contribution in [0.5, 0.6) is 5.75 Å². The highest BCUT2D eigenvalue weighted by molar-refractivity contribution is 5.77. The number of rotatable bonds is 4. The second kappa shape index (κ2) is 6.16. The van der Waals surface area contributed by atoms with Crippen molar-refractivity contribution >= 4 is 11.4 Å². The Kier molecular flexibility index (Phi) is 4.01. The summed E-state index contributed by atoms with van der Waals surface area (Å²) in [5, 5.41) is 42.7. The van der Waals surface area contributed by atoms with Crippen molar-refractivity contribution in [3.8, 4) is 28.4 Å². The molecular formula is C16H12N4O6. The predicted molar refractivity (Wildman–Crippen MR) is 90.0 cm³/mol. The summed E-state index contributed by atoms with van der Waals surface area (Å²) < 4.78 is 0.630. The number of hydrogen-bond donors (Lipinski definition) is 2. The Bertz CT molecular complexity index is 1030. The number of nitrogens with zero attached hydrogens (tertiary/aromatic N) is 4. The summed E-state index contributed by atoms with van der Waals surface area (Å²) in [6.07, 6.45) is 0. The minimum atomic E-state index is -0.943. The third kappa shape index (κ3) is 2.69. The number of nitro benzene ring substituents is 2. The van der Waals surface area contributed by atoms with Gasteiger partial charge >= 0.3 is 5.69 Å². The van der Waals surface area contributed by atoms with E-state index in [-0.39, 0.29) is 11.4 Å². The van der Waals surface area contributed by atoms with Gasteiger partial charge in [-0.25, -0.2) is 4.98 Å². The standard InChI is InChI=1S/C16H12N4O6/c1-9-14(10-5-3-2-4-6-10)17-16(18(9)22)12-7-11(19(23)24)8-13(15(12)21)20(25)26/h2-8,21-22H,1H3. The lowest BCUT2D eigenvalue weighted by atomic mass is 10.1. The van der Waals surface area contributed by atoms with Crippen molar-refractivity contribution in [2.75, 3.05) is 0 Å².